The van der Waals surface area contributed by atoms with E-state index in [1.54, 1.807) is 12.1 Å². The van der Waals surface area contributed by atoms with Crippen LogP contribution in [0.2, 0.25) is 0 Å². The Bertz CT molecular complexity index is 1140. The Kier molecular flexibility index (Phi) is 11.6. The molecule has 2 heterocycles. The largest absolute Gasteiger partial charge is 1.00 e. The molecule has 0 amide bonds. The summed E-state index contributed by atoms with van der Waals surface area (Å²) >= 11 is 8.26. The maximum absolute atomic E-state index is 12.8. The van der Waals surface area contributed by atoms with Crippen molar-refractivity contribution in [1.82, 2.24) is 0 Å². The number of nitriles is 2. The van der Waals surface area contributed by atoms with Crippen molar-refractivity contribution in [2.45, 2.75) is 37.3 Å². The van der Waals surface area contributed by atoms with Crippen molar-refractivity contribution in [3.63, 3.8) is 0 Å². The van der Waals surface area contributed by atoms with Crippen LogP contribution in [0.15, 0.2) is 36.4 Å². The summed E-state index contributed by atoms with van der Waals surface area (Å²) in [4.78, 5) is 0. The molecular formula is C22H17BrClF4N2NaO5. The van der Waals surface area contributed by atoms with E-state index < -0.39 is 18.0 Å². The smallest absolute Gasteiger partial charge is 0.870 e. The van der Waals surface area contributed by atoms with Crippen molar-refractivity contribution < 1.29 is 71.5 Å². The number of ether oxygens (including phenoxy) is 4. The molecule has 0 saturated heterocycles. The van der Waals surface area contributed by atoms with Crippen molar-refractivity contribution >= 4 is 27.5 Å². The zero-order chi connectivity index (χ0) is 25.0. The van der Waals surface area contributed by atoms with Crippen molar-refractivity contribution in [3.8, 4) is 35.1 Å². The van der Waals surface area contributed by atoms with Gasteiger partial charge in [0.05, 0.1) is 24.0 Å². The Morgan fingerprint density at radius 1 is 0.861 bits per heavy atom. The molecule has 7 nitrogen and oxygen atoms in total. The third kappa shape index (κ3) is 8.04. The number of nitrogens with zero attached hydrogens (tertiary/aromatic N) is 2. The molecule has 188 valence electrons. The molecule has 0 unspecified atom stereocenters. The molecule has 0 atom stereocenters. The zero-order valence-corrected chi connectivity index (χ0v) is 23.1. The van der Waals surface area contributed by atoms with Gasteiger partial charge in [0.25, 0.3) is 0 Å². The molecule has 36 heavy (non-hydrogen) atoms. The van der Waals surface area contributed by atoms with Gasteiger partial charge in [-0.25, -0.2) is 0 Å². The summed E-state index contributed by atoms with van der Waals surface area (Å²) in [6, 6.07) is 12.9. The van der Waals surface area contributed by atoms with Gasteiger partial charge in [0, 0.05) is 11.2 Å². The summed E-state index contributed by atoms with van der Waals surface area (Å²) < 4.78 is 67.6. The minimum absolute atomic E-state index is 0. The van der Waals surface area contributed by atoms with Crippen LogP contribution in [0.1, 0.15) is 24.0 Å². The topological polar surface area (TPSA) is 114 Å². The monoisotopic (exact) mass is 602 g/mol. The van der Waals surface area contributed by atoms with Crippen LogP contribution < -0.4 is 48.5 Å². The van der Waals surface area contributed by atoms with Crippen LogP contribution in [0.25, 0.3) is 0 Å². The fourth-order valence-corrected chi connectivity index (χ4v) is 3.03. The first-order valence-electron chi connectivity index (χ1n) is 9.76. The molecule has 14 heteroatoms. The standard InChI is InChI=1S/C11H7F2NO2.C9H5F2NO2.C2H4BrCl.Na.H2O/c12-11(13)15-8-2-1-7(5-9(8)16-11)10(6-14)3-4-10;10-9(11)13-7-2-1-6(3-4-12)5-8(7)14-9;3-1-2-4;;/h1-2,5H,3-4H2;1-2,5H,3H2;1-2H2;;1H2/q;;;+1;/p-1. The molecular weight excluding hydrogens is 587 g/mol. The van der Waals surface area contributed by atoms with Crippen LogP contribution in [0, 0.1) is 22.7 Å². The van der Waals surface area contributed by atoms with E-state index in [0.717, 1.165) is 23.7 Å². The van der Waals surface area contributed by atoms with E-state index in [-0.39, 0.29) is 64.5 Å². The maximum atomic E-state index is 12.8. The molecule has 0 radical (unpaired) electrons. The van der Waals surface area contributed by atoms with Crippen LogP contribution in [-0.2, 0) is 11.8 Å². The zero-order valence-electron chi connectivity index (χ0n) is 18.7. The molecule has 5 rings (SSSR count). The molecule has 2 aliphatic heterocycles. The van der Waals surface area contributed by atoms with Gasteiger partial charge in [0.2, 0.25) is 0 Å². The molecule has 2 aromatic carbocycles. The number of hydrogen-bond donors (Lipinski definition) is 0. The van der Waals surface area contributed by atoms with E-state index in [2.05, 4.69) is 40.9 Å². The predicted octanol–water partition coefficient (Wildman–Crippen LogP) is 3.08. The van der Waals surface area contributed by atoms with Gasteiger partial charge in [-0.15, -0.1) is 29.2 Å². The van der Waals surface area contributed by atoms with Crippen molar-refractivity contribution in [2.75, 3.05) is 11.2 Å². The van der Waals surface area contributed by atoms with Crippen molar-refractivity contribution in [1.29, 1.82) is 10.5 Å². The Morgan fingerprint density at radius 3 is 1.78 bits per heavy atom. The van der Waals surface area contributed by atoms with E-state index >= 15 is 0 Å². The third-order valence-corrected chi connectivity index (χ3v) is 5.78. The van der Waals surface area contributed by atoms with Crippen LogP contribution in [0.3, 0.4) is 0 Å². The van der Waals surface area contributed by atoms with E-state index in [4.69, 9.17) is 22.1 Å². The fourth-order valence-electron chi connectivity index (χ4n) is 3.03. The summed E-state index contributed by atoms with van der Waals surface area (Å²) in [6.07, 6.45) is -5.50. The summed E-state index contributed by atoms with van der Waals surface area (Å²) in [6.45, 7) is 0. The molecule has 1 N–H and O–H groups in total. The summed E-state index contributed by atoms with van der Waals surface area (Å²) in [5, 5.41) is 18.3. The van der Waals surface area contributed by atoms with Gasteiger partial charge in [0.15, 0.2) is 23.0 Å². The van der Waals surface area contributed by atoms with Crippen LogP contribution in [-0.4, -0.2) is 29.3 Å². The minimum atomic E-state index is -3.59. The van der Waals surface area contributed by atoms with E-state index in [1.165, 1.54) is 24.3 Å². The number of fused-ring (bicyclic) bond motifs is 2. The summed E-state index contributed by atoms with van der Waals surface area (Å²) in [5.74, 6) is 0.700. The fraction of sp³-hybridized carbons (Fsp3) is 0.364. The van der Waals surface area contributed by atoms with Gasteiger partial charge < -0.3 is 24.4 Å². The third-order valence-electron chi connectivity index (χ3n) is 4.74. The molecule has 1 fully saturated rings. The van der Waals surface area contributed by atoms with Gasteiger partial charge in [0.1, 0.15) is 0 Å². The molecule has 1 saturated carbocycles. The maximum Gasteiger partial charge on any atom is 1.00 e. The van der Waals surface area contributed by atoms with Crippen molar-refractivity contribution in [2.24, 2.45) is 0 Å². The predicted molar refractivity (Wildman–Crippen MR) is 118 cm³/mol. The molecule has 0 spiro atoms. The van der Waals surface area contributed by atoms with Gasteiger partial charge in [-0.05, 0) is 48.2 Å². The Balaban J connectivity index is 0.000000302. The van der Waals surface area contributed by atoms with Crippen LogP contribution >= 0.6 is 27.5 Å². The number of hydrogen-bond acceptors (Lipinski definition) is 7. The minimum Gasteiger partial charge on any atom is -0.870 e. The van der Waals surface area contributed by atoms with Gasteiger partial charge in [-0.3, -0.25) is 0 Å². The Labute approximate surface area is 239 Å². The second-order valence-electron chi connectivity index (χ2n) is 7.18. The van der Waals surface area contributed by atoms with E-state index in [9.17, 15) is 17.6 Å². The van der Waals surface area contributed by atoms with Crippen molar-refractivity contribution in [3.05, 3.63) is 47.5 Å². The average molecular weight is 604 g/mol. The van der Waals surface area contributed by atoms with Gasteiger partial charge in [-0.2, -0.15) is 10.5 Å². The van der Waals surface area contributed by atoms with E-state index in [1.807, 2.05) is 6.07 Å². The second kappa shape index (κ2) is 13.0. The molecule has 2 aromatic rings. The molecule has 0 aromatic heterocycles. The molecule has 3 aliphatic rings. The van der Waals surface area contributed by atoms with Crippen LogP contribution in [0.4, 0.5) is 17.6 Å². The number of rotatable bonds is 3. The molecule has 1 aliphatic carbocycles. The first-order valence-corrected chi connectivity index (χ1v) is 11.4. The number of benzene rings is 2. The van der Waals surface area contributed by atoms with Crippen LogP contribution in [0.5, 0.6) is 23.0 Å². The summed E-state index contributed by atoms with van der Waals surface area (Å²) in [7, 11) is 0. The average Bonchev–Trinajstić information content (AvgIpc) is 3.43. The van der Waals surface area contributed by atoms with E-state index in [0.29, 0.717) is 11.4 Å². The number of halogens is 6. The Morgan fingerprint density at radius 2 is 1.33 bits per heavy atom. The second-order valence-corrected chi connectivity index (χ2v) is 8.36. The normalized spacial score (nSPS) is 17.2. The first-order chi connectivity index (χ1) is 16.1. The molecule has 0 bridgehead atoms. The van der Waals surface area contributed by atoms with Gasteiger partial charge >= 0.3 is 42.1 Å². The SMILES string of the molecule is ClCCBr.N#CC1(c2ccc3c(c2)OC(F)(F)O3)CC1.N#CCc1ccc2c(c1)OC(F)(F)O2.[Na+].[OH-]. The van der Waals surface area contributed by atoms with Gasteiger partial charge in [-0.1, -0.05) is 28.1 Å². The first kappa shape index (κ1) is 32.1. The summed E-state index contributed by atoms with van der Waals surface area (Å²) in [5.41, 5.74) is 0.832. The quantitative estimate of drug-likeness (QED) is 0.301. The Hall–Kier alpha value is -1.93. The number of alkyl halides is 6.